The van der Waals surface area contributed by atoms with Gasteiger partial charge in [-0.25, -0.2) is 0 Å². The molecule has 1 aromatic heterocycles. The van der Waals surface area contributed by atoms with Gasteiger partial charge in [0.15, 0.2) is 0 Å². The predicted molar refractivity (Wildman–Crippen MR) is 79.9 cm³/mol. The van der Waals surface area contributed by atoms with E-state index in [1.54, 1.807) is 4.68 Å². The first-order valence-corrected chi connectivity index (χ1v) is 7.06. The molecule has 20 heavy (non-hydrogen) atoms. The SMILES string of the molecule is CC(C)N(Cc1ccccc1)Cc1cn(CCN)nn1. The second-order valence-corrected chi connectivity index (χ2v) is 5.25. The summed E-state index contributed by atoms with van der Waals surface area (Å²) in [7, 11) is 0. The summed E-state index contributed by atoms with van der Waals surface area (Å²) in [4.78, 5) is 2.38. The first-order chi connectivity index (χ1) is 9.69. The molecule has 0 aliphatic heterocycles. The van der Waals surface area contributed by atoms with Crippen LogP contribution >= 0.6 is 0 Å². The quantitative estimate of drug-likeness (QED) is 0.833. The fourth-order valence-electron chi connectivity index (χ4n) is 2.10. The molecule has 0 spiro atoms. The highest BCUT2D eigenvalue weighted by Crippen LogP contribution is 2.11. The van der Waals surface area contributed by atoms with Gasteiger partial charge in [0.2, 0.25) is 0 Å². The molecule has 0 radical (unpaired) electrons. The van der Waals surface area contributed by atoms with Crippen molar-refractivity contribution in [2.45, 2.75) is 39.5 Å². The average molecular weight is 273 g/mol. The Labute approximate surface area is 120 Å². The van der Waals surface area contributed by atoms with E-state index in [-0.39, 0.29) is 0 Å². The molecule has 5 nitrogen and oxygen atoms in total. The summed E-state index contributed by atoms with van der Waals surface area (Å²) in [5.74, 6) is 0. The van der Waals surface area contributed by atoms with Crippen molar-refractivity contribution < 1.29 is 0 Å². The minimum absolute atomic E-state index is 0.454. The summed E-state index contributed by atoms with van der Waals surface area (Å²) in [5.41, 5.74) is 7.83. The maximum absolute atomic E-state index is 5.52. The Morgan fingerprint density at radius 3 is 2.60 bits per heavy atom. The zero-order chi connectivity index (χ0) is 14.4. The van der Waals surface area contributed by atoms with E-state index in [9.17, 15) is 0 Å². The molecule has 0 amide bonds. The van der Waals surface area contributed by atoms with Gasteiger partial charge in [-0.05, 0) is 19.4 Å². The van der Waals surface area contributed by atoms with Crippen molar-refractivity contribution in [3.8, 4) is 0 Å². The van der Waals surface area contributed by atoms with Gasteiger partial charge < -0.3 is 5.73 Å². The highest BCUT2D eigenvalue weighted by atomic mass is 15.4. The summed E-state index contributed by atoms with van der Waals surface area (Å²) in [6.07, 6.45) is 1.98. The molecule has 1 aromatic carbocycles. The van der Waals surface area contributed by atoms with Crippen molar-refractivity contribution in [2.75, 3.05) is 6.54 Å². The van der Waals surface area contributed by atoms with Gasteiger partial charge in [-0.15, -0.1) is 5.10 Å². The molecule has 0 aliphatic rings. The summed E-state index contributed by atoms with van der Waals surface area (Å²) >= 11 is 0. The molecule has 0 saturated carbocycles. The van der Waals surface area contributed by atoms with E-state index < -0.39 is 0 Å². The van der Waals surface area contributed by atoms with Crippen molar-refractivity contribution in [1.82, 2.24) is 19.9 Å². The molecule has 5 heteroatoms. The molecule has 0 unspecified atom stereocenters. The topological polar surface area (TPSA) is 60.0 Å². The van der Waals surface area contributed by atoms with Crippen LogP contribution in [0.5, 0.6) is 0 Å². The van der Waals surface area contributed by atoms with Crippen LogP contribution in [-0.2, 0) is 19.6 Å². The smallest absolute Gasteiger partial charge is 0.0967 e. The molecule has 0 fully saturated rings. The van der Waals surface area contributed by atoms with Crippen LogP contribution in [0, 0.1) is 0 Å². The first-order valence-electron chi connectivity index (χ1n) is 7.06. The van der Waals surface area contributed by atoms with Gasteiger partial charge in [-0.3, -0.25) is 9.58 Å². The molecule has 1 heterocycles. The fourth-order valence-corrected chi connectivity index (χ4v) is 2.10. The van der Waals surface area contributed by atoms with Crippen LogP contribution in [0.2, 0.25) is 0 Å². The zero-order valence-electron chi connectivity index (χ0n) is 12.2. The summed E-state index contributed by atoms with van der Waals surface area (Å²) in [6.45, 7) is 7.42. The normalized spacial score (nSPS) is 11.4. The maximum Gasteiger partial charge on any atom is 0.0967 e. The lowest BCUT2D eigenvalue weighted by molar-refractivity contribution is 0.201. The van der Waals surface area contributed by atoms with Crippen molar-refractivity contribution in [1.29, 1.82) is 0 Å². The number of aromatic nitrogens is 3. The molecule has 0 saturated heterocycles. The van der Waals surface area contributed by atoms with Gasteiger partial charge >= 0.3 is 0 Å². The summed E-state index contributed by atoms with van der Waals surface area (Å²) < 4.78 is 1.80. The highest BCUT2D eigenvalue weighted by Gasteiger charge is 2.13. The third kappa shape index (κ3) is 4.15. The van der Waals surface area contributed by atoms with Crippen LogP contribution in [0.15, 0.2) is 36.5 Å². The lowest BCUT2D eigenvalue weighted by atomic mass is 10.2. The number of rotatable bonds is 7. The van der Waals surface area contributed by atoms with Crippen LogP contribution in [0.1, 0.15) is 25.1 Å². The lowest BCUT2D eigenvalue weighted by Crippen LogP contribution is -2.30. The maximum atomic E-state index is 5.52. The van der Waals surface area contributed by atoms with Gasteiger partial charge in [0.25, 0.3) is 0 Å². The van der Waals surface area contributed by atoms with E-state index in [1.807, 2.05) is 12.3 Å². The van der Waals surface area contributed by atoms with Crippen molar-refractivity contribution in [3.05, 3.63) is 47.8 Å². The van der Waals surface area contributed by atoms with Crippen LogP contribution in [0.3, 0.4) is 0 Å². The summed E-state index contributed by atoms with van der Waals surface area (Å²) in [6, 6.07) is 11.0. The van der Waals surface area contributed by atoms with Gasteiger partial charge in [0.05, 0.1) is 12.2 Å². The van der Waals surface area contributed by atoms with E-state index in [2.05, 4.69) is 53.3 Å². The Morgan fingerprint density at radius 1 is 1.20 bits per heavy atom. The molecule has 2 rings (SSSR count). The Balaban J connectivity index is 2.01. The van der Waals surface area contributed by atoms with Crippen LogP contribution < -0.4 is 5.73 Å². The fraction of sp³-hybridized carbons (Fsp3) is 0.467. The number of hydrogen-bond acceptors (Lipinski definition) is 4. The van der Waals surface area contributed by atoms with E-state index in [0.29, 0.717) is 19.1 Å². The molecule has 108 valence electrons. The molecular formula is C15H23N5. The third-order valence-electron chi connectivity index (χ3n) is 3.27. The van der Waals surface area contributed by atoms with Crippen molar-refractivity contribution in [2.24, 2.45) is 5.73 Å². The number of nitrogens with zero attached hydrogens (tertiary/aromatic N) is 4. The molecule has 0 atom stereocenters. The number of nitrogens with two attached hydrogens (primary N) is 1. The van der Waals surface area contributed by atoms with Gasteiger partial charge in [-0.1, -0.05) is 35.5 Å². The molecular weight excluding hydrogens is 250 g/mol. The predicted octanol–water partition coefficient (Wildman–Crippen LogP) is 1.65. The van der Waals surface area contributed by atoms with Crippen molar-refractivity contribution >= 4 is 0 Å². The second kappa shape index (κ2) is 7.17. The largest absolute Gasteiger partial charge is 0.329 e. The molecule has 2 aromatic rings. The molecule has 0 bridgehead atoms. The van der Waals surface area contributed by atoms with E-state index in [0.717, 1.165) is 18.8 Å². The Bertz CT molecular complexity index is 506. The van der Waals surface area contributed by atoms with Crippen LogP contribution in [-0.4, -0.2) is 32.5 Å². The number of benzene rings is 1. The zero-order valence-corrected chi connectivity index (χ0v) is 12.2. The van der Waals surface area contributed by atoms with Gasteiger partial charge in [-0.2, -0.15) is 0 Å². The van der Waals surface area contributed by atoms with E-state index in [4.69, 9.17) is 5.73 Å². The minimum Gasteiger partial charge on any atom is -0.329 e. The first kappa shape index (κ1) is 14.7. The average Bonchev–Trinajstić information content (AvgIpc) is 2.87. The monoisotopic (exact) mass is 273 g/mol. The lowest BCUT2D eigenvalue weighted by Gasteiger charge is -2.25. The Morgan fingerprint density at radius 2 is 1.95 bits per heavy atom. The van der Waals surface area contributed by atoms with E-state index in [1.165, 1.54) is 5.56 Å². The third-order valence-corrected chi connectivity index (χ3v) is 3.27. The second-order valence-electron chi connectivity index (χ2n) is 5.25. The highest BCUT2D eigenvalue weighted by molar-refractivity contribution is 5.14. The van der Waals surface area contributed by atoms with Crippen molar-refractivity contribution in [3.63, 3.8) is 0 Å². The Kier molecular flexibility index (Phi) is 5.26. The van der Waals surface area contributed by atoms with Crippen LogP contribution in [0.25, 0.3) is 0 Å². The van der Waals surface area contributed by atoms with Gasteiger partial charge in [0.1, 0.15) is 0 Å². The summed E-state index contributed by atoms with van der Waals surface area (Å²) in [5, 5.41) is 8.30. The standard InChI is InChI=1S/C15H23N5/c1-13(2)19(10-14-6-4-3-5-7-14)11-15-12-20(9-8-16)18-17-15/h3-7,12-13H,8-11,16H2,1-2H3. The Hall–Kier alpha value is -1.72. The number of hydrogen-bond donors (Lipinski definition) is 1. The van der Waals surface area contributed by atoms with Gasteiger partial charge in [0, 0.05) is 31.9 Å². The van der Waals surface area contributed by atoms with E-state index >= 15 is 0 Å². The molecule has 0 aliphatic carbocycles. The van der Waals surface area contributed by atoms with Crippen LogP contribution in [0.4, 0.5) is 0 Å². The minimum atomic E-state index is 0.454. The molecule has 2 N–H and O–H groups in total.